The molecule has 10 heteroatoms. The summed E-state index contributed by atoms with van der Waals surface area (Å²) < 4.78 is 33.0. The van der Waals surface area contributed by atoms with Gasteiger partial charge in [-0.3, -0.25) is 14.4 Å². The normalized spacial score (nSPS) is 16.6. The minimum Gasteiger partial charge on any atom is -0.496 e. The van der Waals surface area contributed by atoms with E-state index in [-0.39, 0.29) is 54.8 Å². The lowest BCUT2D eigenvalue weighted by atomic mass is 9.94. The van der Waals surface area contributed by atoms with Crippen LogP contribution in [-0.4, -0.2) is 63.1 Å². The number of carbonyl (C=O) groups excluding carboxylic acids is 3. The summed E-state index contributed by atoms with van der Waals surface area (Å²) in [5.74, 6) is 0.955. The Morgan fingerprint density at radius 2 is 1.43 bits per heavy atom. The van der Waals surface area contributed by atoms with Crippen LogP contribution in [0.15, 0.2) is 95.8 Å². The van der Waals surface area contributed by atoms with Crippen molar-refractivity contribution < 1.29 is 32.3 Å². The monoisotopic (exact) mass is 616 g/mol. The molecule has 2 amide bonds. The van der Waals surface area contributed by atoms with Crippen molar-refractivity contribution in [2.75, 3.05) is 27.3 Å². The Morgan fingerprint density at radius 3 is 1.93 bits per heavy atom. The number of nitrogens with zero attached hydrogens (tertiary/aromatic N) is 1. The number of methoxy groups -OCH3 is 2. The van der Waals surface area contributed by atoms with Gasteiger partial charge in [0.1, 0.15) is 11.5 Å². The largest absolute Gasteiger partial charge is 0.496 e. The number of rotatable bonds is 11. The number of hydrogen-bond donors (Lipinski definition) is 1. The second-order valence-electron chi connectivity index (χ2n) is 10.4. The maximum atomic E-state index is 13.6. The van der Waals surface area contributed by atoms with Crippen molar-refractivity contribution in [3.63, 3.8) is 0 Å². The molecule has 0 atom stereocenters. The van der Waals surface area contributed by atoms with Crippen LogP contribution in [0, 0.1) is 0 Å². The lowest BCUT2D eigenvalue weighted by Crippen LogP contribution is -2.41. The second-order valence-corrected chi connectivity index (χ2v) is 11.4. The highest BCUT2D eigenvalue weighted by Gasteiger charge is 2.28. The predicted molar refractivity (Wildman–Crippen MR) is 169 cm³/mol. The van der Waals surface area contributed by atoms with Gasteiger partial charge in [-0.2, -0.15) is 8.42 Å². The first kappa shape index (κ1) is 32.2. The lowest BCUT2D eigenvalue weighted by molar-refractivity contribution is -0.131. The number of Topliss-reactive ketones (excluding diaryl/α,β-unsaturated/α-hetero) is 1. The molecule has 0 bridgehead atoms. The first-order valence-electron chi connectivity index (χ1n) is 14.4. The van der Waals surface area contributed by atoms with Crippen molar-refractivity contribution in [1.82, 2.24) is 10.2 Å². The van der Waals surface area contributed by atoms with E-state index >= 15 is 0 Å². The van der Waals surface area contributed by atoms with Gasteiger partial charge in [0.25, 0.3) is 0 Å². The van der Waals surface area contributed by atoms with Crippen molar-refractivity contribution in [3.8, 4) is 11.5 Å². The molecule has 1 heterocycles. The molecule has 1 N–H and O–H groups in total. The molecular weight excluding hydrogens is 580 g/mol. The average Bonchev–Trinajstić information content (AvgIpc) is 3.04. The number of allylic oxidation sites excluding steroid dienone is 5. The van der Waals surface area contributed by atoms with Gasteiger partial charge in [0, 0.05) is 49.2 Å². The van der Waals surface area contributed by atoms with Crippen LogP contribution in [0.4, 0.5) is 0 Å². The molecule has 2 aromatic rings. The van der Waals surface area contributed by atoms with E-state index in [0.717, 1.165) is 22.6 Å². The molecule has 2 aromatic carbocycles. The van der Waals surface area contributed by atoms with Gasteiger partial charge in [0.15, 0.2) is 5.78 Å². The van der Waals surface area contributed by atoms with Crippen molar-refractivity contribution >= 4 is 32.8 Å². The quantitative estimate of drug-likeness (QED) is 0.300. The fourth-order valence-corrected chi connectivity index (χ4v) is 5.44. The number of para-hydroxylation sites is 2. The van der Waals surface area contributed by atoms with Crippen LogP contribution < -0.4 is 14.8 Å². The lowest BCUT2D eigenvalue weighted by Gasteiger charge is -2.30. The number of hydrogen-bond acceptors (Lipinski definition) is 7. The summed E-state index contributed by atoms with van der Waals surface area (Å²) in [5, 5.41) is 2.75. The van der Waals surface area contributed by atoms with Crippen LogP contribution in [0.3, 0.4) is 0 Å². The molecular formula is C34H36N2O7S. The molecule has 230 valence electrons. The van der Waals surface area contributed by atoms with E-state index in [4.69, 9.17) is 9.47 Å². The summed E-state index contributed by atoms with van der Waals surface area (Å²) in [7, 11) is 0.922. The molecule has 44 heavy (non-hydrogen) atoms. The van der Waals surface area contributed by atoms with E-state index in [1.165, 1.54) is 6.08 Å². The summed E-state index contributed by atoms with van der Waals surface area (Å²) in [5.41, 5.74) is 3.46. The van der Waals surface area contributed by atoms with Crippen molar-refractivity contribution in [2.45, 2.75) is 38.5 Å². The molecule has 9 nitrogen and oxygen atoms in total. The first-order valence-corrected chi connectivity index (χ1v) is 15.4. The number of benzene rings is 2. The topological polar surface area (TPSA) is 119 Å². The third kappa shape index (κ3) is 8.67. The zero-order chi connectivity index (χ0) is 31.5. The molecule has 4 rings (SSSR count). The minimum atomic E-state index is -2.29. The van der Waals surface area contributed by atoms with Crippen molar-refractivity contribution in [2.24, 2.45) is 0 Å². The van der Waals surface area contributed by atoms with Crippen LogP contribution in [0.1, 0.15) is 36.8 Å². The summed E-state index contributed by atoms with van der Waals surface area (Å²) in [4.78, 5) is 41.2. The predicted octanol–water partition coefficient (Wildman–Crippen LogP) is 3.93. The maximum absolute atomic E-state index is 13.6. The number of piperidine rings is 1. The fourth-order valence-electron chi connectivity index (χ4n) is 5.04. The Hall–Kier alpha value is -4.70. The van der Waals surface area contributed by atoms with Gasteiger partial charge < -0.3 is 19.7 Å². The Balaban J connectivity index is 1.44. The van der Waals surface area contributed by atoms with Crippen molar-refractivity contribution in [3.05, 3.63) is 107 Å². The van der Waals surface area contributed by atoms with Gasteiger partial charge in [0.2, 0.25) is 22.1 Å². The van der Waals surface area contributed by atoms with Crippen LogP contribution >= 0.6 is 0 Å². The Labute approximate surface area is 259 Å². The van der Waals surface area contributed by atoms with Crippen LogP contribution in [0.2, 0.25) is 0 Å². The van der Waals surface area contributed by atoms with Gasteiger partial charge >= 0.3 is 0 Å². The third-order valence-electron chi connectivity index (χ3n) is 7.44. The second kappa shape index (κ2) is 15.7. The number of ether oxygens (including phenoxy) is 2. The van der Waals surface area contributed by atoms with Gasteiger partial charge in [-0.15, -0.1) is 0 Å². The summed E-state index contributed by atoms with van der Waals surface area (Å²) in [6.07, 6.45) is 10.1. The first-order chi connectivity index (χ1) is 21.3. The van der Waals surface area contributed by atoms with E-state index in [0.29, 0.717) is 36.1 Å². The highest BCUT2D eigenvalue weighted by molar-refractivity contribution is 7.73. The van der Waals surface area contributed by atoms with E-state index in [1.54, 1.807) is 31.3 Å². The molecule has 1 aliphatic heterocycles. The standard InChI is InChI=1S/C34H36N2O7S/c1-42-30-10-5-3-8-24(30)14-16-26-22-36(23-27(34(26)39)17-15-25-9-4-6-11-31(25)43-2)33(38)13-7-12-32(37)35-28-18-20-29(21-19-28)44(40)41/h3-6,8-11,16-20H,7,12-15,21-23H2,1-2H3,(H,35,37)/b26-16+,27-17+. The Bertz CT molecular complexity index is 1600. The number of ketones is 1. The highest BCUT2D eigenvalue weighted by Crippen LogP contribution is 2.24. The Kier molecular flexibility index (Phi) is 11.5. The zero-order valence-corrected chi connectivity index (χ0v) is 25.7. The van der Waals surface area contributed by atoms with Gasteiger partial charge in [-0.25, -0.2) is 0 Å². The van der Waals surface area contributed by atoms with Crippen LogP contribution in [0.5, 0.6) is 11.5 Å². The van der Waals surface area contributed by atoms with E-state index in [9.17, 15) is 22.8 Å². The summed E-state index contributed by atoms with van der Waals surface area (Å²) in [6, 6.07) is 15.2. The summed E-state index contributed by atoms with van der Waals surface area (Å²) >= 11 is 0. The average molecular weight is 617 g/mol. The fraction of sp³-hybridized carbons (Fsp3) is 0.294. The maximum Gasteiger partial charge on any atom is 0.224 e. The molecule has 0 radical (unpaired) electrons. The minimum absolute atomic E-state index is 0.0896. The zero-order valence-electron chi connectivity index (χ0n) is 24.9. The molecule has 1 fully saturated rings. The highest BCUT2D eigenvalue weighted by atomic mass is 32.2. The Morgan fingerprint density at radius 1 is 0.864 bits per heavy atom. The van der Waals surface area contributed by atoms with Crippen molar-refractivity contribution in [1.29, 1.82) is 0 Å². The molecule has 0 saturated carbocycles. The third-order valence-corrected chi connectivity index (χ3v) is 8.18. The van der Waals surface area contributed by atoms with Gasteiger partial charge in [0.05, 0.1) is 19.1 Å². The van der Waals surface area contributed by atoms with Gasteiger partial charge in [-0.1, -0.05) is 54.6 Å². The molecule has 1 aliphatic carbocycles. The number of carbonyl (C=O) groups is 3. The number of likely N-dealkylation sites (tertiary alicyclic amines) is 1. The van der Waals surface area contributed by atoms with E-state index in [1.807, 2.05) is 60.7 Å². The van der Waals surface area contributed by atoms with E-state index < -0.39 is 10.3 Å². The number of nitrogens with one attached hydrogen (secondary N) is 1. The molecule has 0 aromatic heterocycles. The van der Waals surface area contributed by atoms with Crippen LogP contribution in [-0.2, 0) is 37.5 Å². The molecule has 0 spiro atoms. The van der Waals surface area contributed by atoms with Gasteiger partial charge in [-0.05, 0) is 54.7 Å². The number of amides is 2. The van der Waals surface area contributed by atoms with Crippen LogP contribution in [0.25, 0.3) is 0 Å². The molecule has 0 unspecified atom stereocenters. The SMILES string of the molecule is COc1ccccc1C/C=C1\CN(C(=O)CCCC(=O)NC2=CCC(=S(=O)=O)C=C2)C/C(=C\Cc2ccccc2OC)C1=O. The smallest absolute Gasteiger partial charge is 0.224 e. The molecule has 2 aliphatic rings. The molecule has 1 saturated heterocycles. The summed E-state index contributed by atoms with van der Waals surface area (Å²) in [6.45, 7) is 0.366. The van der Waals surface area contributed by atoms with E-state index in [2.05, 4.69) is 5.32 Å².